The lowest BCUT2D eigenvalue weighted by Crippen LogP contribution is -2.30. The Bertz CT molecular complexity index is 467. The molecule has 16 heavy (non-hydrogen) atoms. The van der Waals surface area contributed by atoms with E-state index in [2.05, 4.69) is 10.6 Å². The lowest BCUT2D eigenvalue weighted by Gasteiger charge is -2.07. The molecule has 0 aromatic heterocycles. The average molecular weight is 280 g/mol. The summed E-state index contributed by atoms with van der Waals surface area (Å²) in [4.78, 5) is 0. The topological polar surface area (TPSA) is 77.5 Å². The third-order valence-corrected chi connectivity index (χ3v) is 4.16. The van der Waals surface area contributed by atoms with Crippen molar-refractivity contribution in [3.05, 3.63) is 0 Å². The van der Waals surface area contributed by atoms with Gasteiger partial charge in [-0.05, 0) is 0 Å². The van der Waals surface area contributed by atoms with Crippen LogP contribution in [0.25, 0.3) is 0 Å². The Morgan fingerprint density at radius 2 is 1.62 bits per heavy atom. The Morgan fingerprint density at radius 1 is 1.12 bits per heavy atom. The van der Waals surface area contributed by atoms with Crippen molar-refractivity contribution >= 4 is 20.0 Å². The maximum Gasteiger partial charge on any atom is 0.497 e. The number of hydrogen-bond donors (Lipinski definition) is 0. The Balaban J connectivity index is 4.55. The van der Waals surface area contributed by atoms with Gasteiger partial charge < -0.3 is 0 Å². The SMILES string of the molecule is C#CCOS(=O)(=O)CCS(=O)(=O)C(F)(F)F. The summed E-state index contributed by atoms with van der Waals surface area (Å²) < 4.78 is 82.0. The van der Waals surface area contributed by atoms with E-state index in [4.69, 9.17) is 0 Å². The molecule has 0 amide bonds. The maximum absolute atomic E-state index is 11.8. The molecular formula is C6H7F3O5S2. The minimum atomic E-state index is -5.48. The van der Waals surface area contributed by atoms with Gasteiger partial charge in [0.1, 0.15) is 6.61 Å². The van der Waals surface area contributed by atoms with Gasteiger partial charge in [-0.2, -0.15) is 21.6 Å². The van der Waals surface area contributed by atoms with Crippen LogP contribution in [-0.4, -0.2) is 40.5 Å². The van der Waals surface area contributed by atoms with Crippen molar-refractivity contribution in [1.82, 2.24) is 0 Å². The molecule has 0 radical (unpaired) electrons. The fourth-order valence-corrected chi connectivity index (χ4v) is 2.80. The van der Waals surface area contributed by atoms with Gasteiger partial charge in [0.15, 0.2) is 0 Å². The molecule has 0 rings (SSSR count). The van der Waals surface area contributed by atoms with Gasteiger partial charge in [0.2, 0.25) is 9.84 Å². The van der Waals surface area contributed by atoms with E-state index in [9.17, 15) is 30.0 Å². The van der Waals surface area contributed by atoms with Crippen molar-refractivity contribution in [2.45, 2.75) is 5.51 Å². The van der Waals surface area contributed by atoms with Crippen LogP contribution in [0.4, 0.5) is 13.2 Å². The monoisotopic (exact) mass is 280 g/mol. The average Bonchev–Trinajstić information content (AvgIpc) is 2.10. The summed E-state index contributed by atoms with van der Waals surface area (Å²) in [6.07, 6.45) is 4.65. The molecule has 0 aliphatic rings. The van der Waals surface area contributed by atoms with Gasteiger partial charge in [-0.3, -0.25) is 4.18 Å². The Labute approximate surface area is 90.6 Å². The van der Waals surface area contributed by atoms with Gasteiger partial charge in [-0.15, -0.1) is 6.42 Å². The molecule has 0 aromatic rings. The molecule has 0 spiro atoms. The van der Waals surface area contributed by atoms with E-state index in [1.807, 2.05) is 0 Å². The van der Waals surface area contributed by atoms with E-state index in [-0.39, 0.29) is 0 Å². The smallest absolute Gasteiger partial charge is 0.257 e. The standard InChI is InChI=1S/C6H7F3O5S2/c1-2-3-14-16(12,13)5-4-15(10,11)6(7,8)9/h1H,3-5H2. The molecule has 0 saturated carbocycles. The number of alkyl halides is 3. The molecular weight excluding hydrogens is 273 g/mol. The van der Waals surface area contributed by atoms with Gasteiger partial charge in [0, 0.05) is 0 Å². The molecule has 0 saturated heterocycles. The third kappa shape index (κ3) is 4.82. The number of terminal acetylenes is 1. The van der Waals surface area contributed by atoms with Crippen molar-refractivity contribution in [3.63, 3.8) is 0 Å². The second-order valence-corrected chi connectivity index (χ2v) is 6.35. The van der Waals surface area contributed by atoms with Crippen LogP contribution in [0.2, 0.25) is 0 Å². The normalized spacial score (nSPS) is 13.4. The van der Waals surface area contributed by atoms with Crippen molar-refractivity contribution in [1.29, 1.82) is 0 Å². The van der Waals surface area contributed by atoms with Crippen molar-refractivity contribution in [2.24, 2.45) is 0 Å². The van der Waals surface area contributed by atoms with Gasteiger partial charge in [-0.1, -0.05) is 5.92 Å². The Kier molecular flexibility index (Phi) is 4.78. The number of halogens is 3. The first-order valence-corrected chi connectivity index (χ1v) is 6.84. The molecule has 0 bridgehead atoms. The van der Waals surface area contributed by atoms with Crippen LogP contribution >= 0.6 is 0 Å². The van der Waals surface area contributed by atoms with Gasteiger partial charge >= 0.3 is 5.51 Å². The molecule has 0 aliphatic heterocycles. The minimum Gasteiger partial charge on any atom is -0.257 e. The lowest BCUT2D eigenvalue weighted by atomic mass is 10.8. The summed E-state index contributed by atoms with van der Waals surface area (Å²) in [6, 6.07) is 0. The fourth-order valence-electron chi connectivity index (χ4n) is 0.510. The fraction of sp³-hybridized carbons (Fsp3) is 0.667. The number of hydrogen-bond acceptors (Lipinski definition) is 5. The molecule has 0 atom stereocenters. The van der Waals surface area contributed by atoms with E-state index >= 15 is 0 Å². The van der Waals surface area contributed by atoms with E-state index in [1.165, 1.54) is 0 Å². The summed E-state index contributed by atoms with van der Waals surface area (Å²) in [5.41, 5.74) is -5.48. The molecule has 0 heterocycles. The third-order valence-electron chi connectivity index (χ3n) is 1.28. The predicted octanol–water partition coefficient (Wildman–Crippen LogP) is -0.0994. The highest BCUT2D eigenvalue weighted by Crippen LogP contribution is 2.23. The molecule has 10 heteroatoms. The van der Waals surface area contributed by atoms with Crippen LogP contribution in [0.3, 0.4) is 0 Å². The molecule has 5 nitrogen and oxygen atoms in total. The number of sulfone groups is 1. The van der Waals surface area contributed by atoms with E-state index in [0.29, 0.717) is 0 Å². The van der Waals surface area contributed by atoms with E-state index in [0.717, 1.165) is 0 Å². The van der Waals surface area contributed by atoms with Crippen LogP contribution in [-0.2, 0) is 24.1 Å². The second-order valence-electron chi connectivity index (χ2n) is 2.49. The minimum absolute atomic E-state index is 0.658. The lowest BCUT2D eigenvalue weighted by molar-refractivity contribution is -0.0434. The van der Waals surface area contributed by atoms with Crippen LogP contribution in [0.15, 0.2) is 0 Å². The van der Waals surface area contributed by atoms with Gasteiger partial charge in [0.25, 0.3) is 10.1 Å². The largest absolute Gasteiger partial charge is 0.497 e. The van der Waals surface area contributed by atoms with Gasteiger partial charge in [0.05, 0.1) is 11.5 Å². The first kappa shape index (κ1) is 15.2. The summed E-state index contributed by atoms with van der Waals surface area (Å²) >= 11 is 0. The summed E-state index contributed by atoms with van der Waals surface area (Å²) in [5.74, 6) is -1.11. The molecule has 94 valence electrons. The highest BCUT2D eigenvalue weighted by molar-refractivity contribution is 7.94. The zero-order chi connectivity index (χ0) is 13.0. The Hall–Kier alpha value is -0.790. The molecule has 0 aromatic carbocycles. The predicted molar refractivity (Wildman–Crippen MR) is 48.4 cm³/mol. The zero-order valence-corrected chi connectivity index (χ0v) is 9.32. The van der Waals surface area contributed by atoms with Crippen LogP contribution in [0.1, 0.15) is 0 Å². The molecule has 0 aliphatic carbocycles. The van der Waals surface area contributed by atoms with E-state index < -0.39 is 43.6 Å². The molecule has 0 fully saturated rings. The van der Waals surface area contributed by atoms with Gasteiger partial charge in [-0.25, -0.2) is 8.42 Å². The first-order chi connectivity index (χ1) is 7.02. The first-order valence-electron chi connectivity index (χ1n) is 3.61. The van der Waals surface area contributed by atoms with Crippen LogP contribution in [0, 0.1) is 12.3 Å². The summed E-state index contributed by atoms with van der Waals surface area (Å²) in [6.45, 7) is -0.658. The second kappa shape index (κ2) is 5.03. The van der Waals surface area contributed by atoms with E-state index in [1.54, 1.807) is 5.92 Å². The quantitative estimate of drug-likeness (QED) is 0.519. The van der Waals surface area contributed by atoms with Crippen LogP contribution in [0.5, 0.6) is 0 Å². The summed E-state index contributed by atoms with van der Waals surface area (Å²) in [5, 5.41) is 0. The van der Waals surface area contributed by atoms with Crippen molar-refractivity contribution in [3.8, 4) is 12.3 Å². The molecule has 0 unspecified atom stereocenters. The molecule has 0 N–H and O–H groups in total. The maximum atomic E-state index is 11.8. The van der Waals surface area contributed by atoms with Crippen LogP contribution < -0.4 is 0 Å². The summed E-state index contributed by atoms with van der Waals surface area (Å²) in [7, 11) is -9.83. The van der Waals surface area contributed by atoms with Crippen molar-refractivity contribution in [2.75, 3.05) is 18.1 Å². The number of rotatable bonds is 5. The Morgan fingerprint density at radius 3 is 2.00 bits per heavy atom. The van der Waals surface area contributed by atoms with Crippen molar-refractivity contribution < 1.29 is 34.2 Å². The highest BCUT2D eigenvalue weighted by atomic mass is 32.2. The zero-order valence-electron chi connectivity index (χ0n) is 7.69. The highest BCUT2D eigenvalue weighted by Gasteiger charge is 2.45.